The number of hydrogen-bond acceptors (Lipinski definition) is 5. The Morgan fingerprint density at radius 3 is 2.86 bits per heavy atom. The quantitative estimate of drug-likeness (QED) is 0.703. The highest BCUT2D eigenvalue weighted by Crippen LogP contribution is 2.34. The number of sulfone groups is 1. The van der Waals surface area contributed by atoms with E-state index in [9.17, 15) is 13.2 Å². The van der Waals surface area contributed by atoms with Crippen LogP contribution in [0.1, 0.15) is 31.5 Å². The molecule has 0 aliphatic carbocycles. The number of nitrogens with zero attached hydrogens (tertiary/aromatic N) is 4. The standard InChI is InChI=1S/C19H23N5O3S/c1-12-3-6-23(19(25)13-4-7-28(26,27)11-13)10-15(12)18-22-9-14-8-21-17-16(24(14)18)2-5-20-17/h2,5,8-9,12-13,15,20H,3-4,6-7,10-11H2,1H3/t12-,13+,15+/m1/s1. The second kappa shape index (κ2) is 6.30. The summed E-state index contributed by atoms with van der Waals surface area (Å²) in [7, 11) is -3.07. The van der Waals surface area contributed by atoms with Gasteiger partial charge >= 0.3 is 0 Å². The minimum absolute atomic E-state index is 0.00942. The van der Waals surface area contributed by atoms with Gasteiger partial charge in [-0.2, -0.15) is 0 Å². The maximum absolute atomic E-state index is 13.0. The predicted octanol–water partition coefficient (Wildman–Crippen LogP) is 1.60. The molecule has 3 atom stereocenters. The van der Waals surface area contributed by atoms with E-state index in [-0.39, 0.29) is 23.3 Å². The lowest BCUT2D eigenvalue weighted by Gasteiger charge is -2.37. The maximum Gasteiger partial charge on any atom is 0.226 e. The maximum atomic E-state index is 13.0. The Kier molecular flexibility index (Phi) is 3.97. The zero-order chi connectivity index (χ0) is 19.5. The van der Waals surface area contributed by atoms with Crippen LogP contribution in [-0.4, -0.2) is 63.2 Å². The van der Waals surface area contributed by atoms with Crippen LogP contribution in [0.4, 0.5) is 0 Å². The molecule has 0 radical (unpaired) electrons. The van der Waals surface area contributed by atoms with Gasteiger partial charge < -0.3 is 9.88 Å². The van der Waals surface area contributed by atoms with Gasteiger partial charge in [-0.25, -0.2) is 18.4 Å². The third-order valence-corrected chi connectivity index (χ3v) is 8.04. The molecule has 0 saturated carbocycles. The molecule has 1 N–H and O–H groups in total. The van der Waals surface area contributed by atoms with Crippen LogP contribution >= 0.6 is 0 Å². The number of amides is 1. The molecule has 148 valence electrons. The Balaban J connectivity index is 1.47. The minimum Gasteiger partial charge on any atom is -0.345 e. The molecule has 2 fully saturated rings. The van der Waals surface area contributed by atoms with Gasteiger partial charge in [0.2, 0.25) is 5.91 Å². The number of carbonyl (C=O) groups excluding carboxylic acids is 1. The Morgan fingerprint density at radius 2 is 2.07 bits per heavy atom. The molecule has 28 heavy (non-hydrogen) atoms. The zero-order valence-electron chi connectivity index (χ0n) is 15.7. The summed E-state index contributed by atoms with van der Waals surface area (Å²) in [4.78, 5) is 27.1. The Hall–Kier alpha value is -2.42. The molecule has 2 saturated heterocycles. The van der Waals surface area contributed by atoms with Crippen LogP contribution in [0.15, 0.2) is 24.7 Å². The lowest BCUT2D eigenvalue weighted by molar-refractivity contribution is -0.136. The molecule has 0 bridgehead atoms. The number of rotatable bonds is 2. The molecule has 3 aromatic heterocycles. The van der Waals surface area contributed by atoms with Crippen molar-refractivity contribution in [2.75, 3.05) is 24.6 Å². The van der Waals surface area contributed by atoms with Crippen molar-refractivity contribution in [3.05, 3.63) is 30.5 Å². The predicted molar refractivity (Wildman–Crippen MR) is 105 cm³/mol. The first-order valence-electron chi connectivity index (χ1n) is 9.71. The lowest BCUT2D eigenvalue weighted by Crippen LogP contribution is -2.45. The van der Waals surface area contributed by atoms with Crippen molar-refractivity contribution in [3.63, 3.8) is 0 Å². The van der Waals surface area contributed by atoms with Crippen LogP contribution in [0.3, 0.4) is 0 Å². The number of fused-ring (bicyclic) bond motifs is 3. The van der Waals surface area contributed by atoms with Crippen LogP contribution in [0.25, 0.3) is 16.7 Å². The fourth-order valence-corrected chi connectivity index (χ4v) is 6.35. The van der Waals surface area contributed by atoms with Gasteiger partial charge in [0.1, 0.15) is 5.82 Å². The third-order valence-electron chi connectivity index (χ3n) is 6.27. The van der Waals surface area contributed by atoms with E-state index < -0.39 is 15.8 Å². The molecule has 5 heterocycles. The Morgan fingerprint density at radius 1 is 1.25 bits per heavy atom. The number of carbonyl (C=O) groups is 1. The summed E-state index contributed by atoms with van der Waals surface area (Å²) in [5, 5.41) is 0. The van der Waals surface area contributed by atoms with E-state index in [1.165, 1.54) is 0 Å². The molecular formula is C19H23N5O3S. The highest BCUT2D eigenvalue weighted by atomic mass is 32.2. The molecule has 5 rings (SSSR count). The molecule has 2 aliphatic rings. The van der Waals surface area contributed by atoms with Gasteiger partial charge in [-0.05, 0) is 24.8 Å². The van der Waals surface area contributed by atoms with Crippen molar-refractivity contribution in [3.8, 4) is 0 Å². The first-order chi connectivity index (χ1) is 13.4. The largest absolute Gasteiger partial charge is 0.345 e. The minimum atomic E-state index is -3.07. The second-order valence-corrected chi connectivity index (χ2v) is 10.3. The molecule has 0 aromatic carbocycles. The summed E-state index contributed by atoms with van der Waals surface area (Å²) in [5.74, 6) is 1.11. The first-order valence-corrected chi connectivity index (χ1v) is 11.5. The number of aromatic amines is 1. The third kappa shape index (κ3) is 2.80. The number of piperidine rings is 1. The topological polar surface area (TPSA) is 100 Å². The summed E-state index contributed by atoms with van der Waals surface area (Å²) in [6.45, 7) is 3.45. The number of hydrogen-bond donors (Lipinski definition) is 1. The van der Waals surface area contributed by atoms with Crippen molar-refractivity contribution in [1.29, 1.82) is 0 Å². The van der Waals surface area contributed by atoms with Gasteiger partial charge in [-0.3, -0.25) is 9.20 Å². The molecule has 8 nitrogen and oxygen atoms in total. The van der Waals surface area contributed by atoms with Crippen molar-refractivity contribution in [2.45, 2.75) is 25.7 Å². The molecule has 0 unspecified atom stereocenters. The normalized spacial score (nSPS) is 27.6. The fraction of sp³-hybridized carbons (Fsp3) is 0.526. The summed E-state index contributed by atoms with van der Waals surface area (Å²) in [6.07, 6.45) is 6.81. The summed E-state index contributed by atoms with van der Waals surface area (Å²) in [5.41, 5.74) is 2.71. The average molecular weight is 401 g/mol. The zero-order valence-corrected chi connectivity index (χ0v) is 16.5. The number of nitrogens with one attached hydrogen (secondary N) is 1. The molecule has 0 spiro atoms. The van der Waals surface area contributed by atoms with Crippen molar-refractivity contribution < 1.29 is 13.2 Å². The van der Waals surface area contributed by atoms with Gasteiger partial charge in [-0.15, -0.1) is 0 Å². The average Bonchev–Trinajstić information content (AvgIpc) is 3.38. The lowest BCUT2D eigenvalue weighted by atomic mass is 9.85. The highest BCUT2D eigenvalue weighted by Gasteiger charge is 2.39. The first kappa shape index (κ1) is 17.7. The SMILES string of the molecule is C[C@@H]1CCN(C(=O)[C@H]2CCS(=O)(=O)C2)C[C@@H]1c1ncc2cnc3[nH]ccc3n12. The smallest absolute Gasteiger partial charge is 0.226 e. The molecular weight excluding hydrogens is 378 g/mol. The summed E-state index contributed by atoms with van der Waals surface area (Å²) in [6, 6.07) is 1.99. The van der Waals surface area contributed by atoms with Crippen LogP contribution in [-0.2, 0) is 14.6 Å². The number of likely N-dealkylation sites (tertiary alicyclic amines) is 1. The van der Waals surface area contributed by atoms with Crippen molar-refractivity contribution in [2.24, 2.45) is 11.8 Å². The van der Waals surface area contributed by atoms with Gasteiger partial charge in [0, 0.05) is 25.2 Å². The van der Waals surface area contributed by atoms with E-state index in [4.69, 9.17) is 0 Å². The van der Waals surface area contributed by atoms with E-state index in [1.807, 2.05) is 23.4 Å². The van der Waals surface area contributed by atoms with Gasteiger partial charge in [0.15, 0.2) is 15.5 Å². The van der Waals surface area contributed by atoms with E-state index in [0.717, 1.165) is 28.9 Å². The van der Waals surface area contributed by atoms with Crippen LogP contribution in [0.5, 0.6) is 0 Å². The van der Waals surface area contributed by atoms with Crippen LogP contribution < -0.4 is 0 Å². The second-order valence-electron chi connectivity index (χ2n) is 8.10. The van der Waals surface area contributed by atoms with E-state index in [2.05, 4.69) is 26.3 Å². The Labute approximate surface area is 162 Å². The highest BCUT2D eigenvalue weighted by molar-refractivity contribution is 7.91. The van der Waals surface area contributed by atoms with Crippen molar-refractivity contribution >= 4 is 32.4 Å². The van der Waals surface area contributed by atoms with Gasteiger partial charge in [0.25, 0.3) is 0 Å². The number of aromatic nitrogens is 4. The summed E-state index contributed by atoms with van der Waals surface area (Å²) < 4.78 is 25.7. The molecule has 9 heteroatoms. The van der Waals surface area contributed by atoms with Gasteiger partial charge in [0.05, 0.1) is 40.9 Å². The van der Waals surface area contributed by atoms with E-state index in [0.29, 0.717) is 25.4 Å². The van der Waals surface area contributed by atoms with Crippen LogP contribution in [0, 0.1) is 11.8 Å². The Bertz CT molecular complexity index is 1160. The number of imidazole rings is 1. The molecule has 2 aliphatic heterocycles. The number of H-pyrrole nitrogens is 1. The monoisotopic (exact) mass is 401 g/mol. The van der Waals surface area contributed by atoms with Crippen LogP contribution in [0.2, 0.25) is 0 Å². The fourth-order valence-electron chi connectivity index (χ4n) is 4.62. The van der Waals surface area contributed by atoms with Crippen molar-refractivity contribution in [1.82, 2.24) is 24.3 Å². The molecule has 1 amide bonds. The summed E-state index contributed by atoms with van der Waals surface area (Å²) >= 11 is 0. The van der Waals surface area contributed by atoms with Gasteiger partial charge in [-0.1, -0.05) is 6.92 Å². The van der Waals surface area contributed by atoms with E-state index >= 15 is 0 Å². The van der Waals surface area contributed by atoms with E-state index in [1.54, 1.807) is 6.20 Å². The molecule has 3 aromatic rings.